The summed E-state index contributed by atoms with van der Waals surface area (Å²) in [5.41, 5.74) is 4.28. The van der Waals surface area contributed by atoms with Gasteiger partial charge in [-0.2, -0.15) is 0 Å². The molecule has 0 spiro atoms. The Bertz CT molecular complexity index is 336. The van der Waals surface area contributed by atoms with Crippen LogP contribution in [-0.2, 0) is 9.59 Å². The summed E-state index contributed by atoms with van der Waals surface area (Å²) < 4.78 is 0. The Morgan fingerprint density at radius 2 is 1.89 bits per heavy atom. The van der Waals surface area contributed by atoms with E-state index < -0.39 is 23.5 Å². The maximum atomic E-state index is 11.8. The van der Waals surface area contributed by atoms with Gasteiger partial charge in [-0.1, -0.05) is 19.3 Å². The van der Waals surface area contributed by atoms with Gasteiger partial charge in [0.05, 0.1) is 12.0 Å². The zero-order valence-electron chi connectivity index (χ0n) is 11.4. The van der Waals surface area contributed by atoms with Crippen LogP contribution in [-0.4, -0.2) is 39.8 Å². The Morgan fingerprint density at radius 3 is 2.42 bits per heavy atom. The Hall–Kier alpha value is -1.14. The summed E-state index contributed by atoms with van der Waals surface area (Å²) in [7, 11) is 0. The number of nitrogens with two attached hydrogens (primary N) is 1. The molecule has 1 unspecified atom stereocenters. The molecule has 0 saturated heterocycles. The molecule has 0 bridgehead atoms. The first kappa shape index (κ1) is 15.9. The number of hydrogen-bond donors (Lipinski definition) is 4. The molecule has 0 aromatic heterocycles. The van der Waals surface area contributed by atoms with Crippen molar-refractivity contribution in [1.82, 2.24) is 5.32 Å². The first-order chi connectivity index (χ1) is 8.72. The van der Waals surface area contributed by atoms with E-state index >= 15 is 0 Å². The van der Waals surface area contributed by atoms with Gasteiger partial charge in [0.15, 0.2) is 0 Å². The van der Waals surface area contributed by atoms with E-state index in [1.807, 2.05) is 0 Å². The highest BCUT2D eigenvalue weighted by Crippen LogP contribution is 2.28. The molecule has 1 atom stereocenters. The van der Waals surface area contributed by atoms with E-state index in [1.165, 1.54) is 6.92 Å². The molecule has 19 heavy (non-hydrogen) atoms. The van der Waals surface area contributed by atoms with Gasteiger partial charge in [0, 0.05) is 18.5 Å². The lowest BCUT2D eigenvalue weighted by Crippen LogP contribution is -2.48. The second kappa shape index (κ2) is 6.34. The first-order valence-corrected chi connectivity index (χ1v) is 6.72. The van der Waals surface area contributed by atoms with Crippen LogP contribution in [0.25, 0.3) is 0 Å². The van der Waals surface area contributed by atoms with Gasteiger partial charge < -0.3 is 21.3 Å². The lowest BCUT2D eigenvalue weighted by atomic mass is 9.80. The molecule has 110 valence electrons. The molecule has 6 nitrogen and oxygen atoms in total. The summed E-state index contributed by atoms with van der Waals surface area (Å²) in [6.07, 6.45) is 4.75. The highest BCUT2D eigenvalue weighted by atomic mass is 16.4. The molecule has 0 aromatic carbocycles. The molecule has 0 radical (unpaired) electrons. The zero-order chi connectivity index (χ0) is 14.5. The third-order valence-corrected chi connectivity index (χ3v) is 3.56. The number of carbonyl (C=O) groups excluding carboxylic acids is 1. The average Bonchev–Trinajstić information content (AvgIpc) is 2.25. The maximum absolute atomic E-state index is 11.8. The molecule has 1 rings (SSSR count). The van der Waals surface area contributed by atoms with Gasteiger partial charge >= 0.3 is 5.97 Å². The highest BCUT2D eigenvalue weighted by molar-refractivity contribution is 5.77. The van der Waals surface area contributed by atoms with Gasteiger partial charge in [0.1, 0.15) is 0 Å². The lowest BCUT2D eigenvalue weighted by molar-refractivity contribution is -0.142. The zero-order valence-corrected chi connectivity index (χ0v) is 11.4. The van der Waals surface area contributed by atoms with Crippen LogP contribution in [0.15, 0.2) is 0 Å². The van der Waals surface area contributed by atoms with Crippen LogP contribution in [0.1, 0.15) is 51.9 Å². The number of rotatable bonds is 6. The minimum Gasteiger partial charge on any atom is -0.481 e. The molecule has 1 aliphatic carbocycles. The predicted molar refractivity (Wildman–Crippen MR) is 70.5 cm³/mol. The van der Waals surface area contributed by atoms with E-state index in [1.54, 1.807) is 0 Å². The van der Waals surface area contributed by atoms with Crippen molar-refractivity contribution in [2.45, 2.75) is 63.0 Å². The first-order valence-electron chi connectivity index (χ1n) is 6.72. The third kappa shape index (κ3) is 6.02. The second-order valence-corrected chi connectivity index (χ2v) is 5.94. The van der Waals surface area contributed by atoms with Crippen molar-refractivity contribution in [2.24, 2.45) is 5.73 Å². The van der Waals surface area contributed by atoms with Crippen LogP contribution in [0, 0.1) is 0 Å². The third-order valence-electron chi connectivity index (χ3n) is 3.56. The number of aliphatic carboxylic acids is 1. The van der Waals surface area contributed by atoms with Gasteiger partial charge in [0.25, 0.3) is 0 Å². The largest absolute Gasteiger partial charge is 0.481 e. The minimum absolute atomic E-state index is 0.0752. The van der Waals surface area contributed by atoms with Crippen molar-refractivity contribution >= 4 is 11.9 Å². The van der Waals surface area contributed by atoms with Crippen molar-refractivity contribution < 1.29 is 19.8 Å². The Morgan fingerprint density at radius 1 is 1.32 bits per heavy atom. The molecule has 0 heterocycles. The number of hydrogen-bond acceptors (Lipinski definition) is 4. The molecule has 1 fully saturated rings. The van der Waals surface area contributed by atoms with Gasteiger partial charge in [0.2, 0.25) is 5.91 Å². The topological polar surface area (TPSA) is 113 Å². The molecule has 6 heteroatoms. The van der Waals surface area contributed by atoms with Gasteiger partial charge in [-0.15, -0.1) is 0 Å². The summed E-state index contributed by atoms with van der Waals surface area (Å²) >= 11 is 0. The normalized spacial score (nSPS) is 21.4. The minimum atomic E-state index is -1.43. The Kier molecular flexibility index (Phi) is 5.31. The van der Waals surface area contributed by atoms with Crippen LogP contribution >= 0.6 is 0 Å². The lowest BCUT2D eigenvalue weighted by Gasteiger charge is -2.33. The van der Waals surface area contributed by atoms with E-state index in [0.29, 0.717) is 0 Å². The molecule has 0 aliphatic heterocycles. The highest BCUT2D eigenvalue weighted by Gasteiger charge is 2.31. The molecular weight excluding hydrogens is 248 g/mol. The molecule has 0 aromatic rings. The molecule has 5 N–H and O–H groups in total. The average molecular weight is 272 g/mol. The SMILES string of the molecule is CC(O)(CNC(=O)CC1(N)CCCCC1)CC(=O)O. The van der Waals surface area contributed by atoms with Gasteiger partial charge in [-0.3, -0.25) is 9.59 Å². The fraction of sp³-hybridized carbons (Fsp3) is 0.846. The van der Waals surface area contributed by atoms with E-state index in [4.69, 9.17) is 10.8 Å². The fourth-order valence-electron chi connectivity index (χ4n) is 2.49. The summed E-state index contributed by atoms with van der Waals surface area (Å²) in [6, 6.07) is 0. The van der Waals surface area contributed by atoms with E-state index in [2.05, 4.69) is 5.32 Å². The smallest absolute Gasteiger partial charge is 0.306 e. The van der Waals surface area contributed by atoms with Crippen LogP contribution in [0.5, 0.6) is 0 Å². The number of carbonyl (C=O) groups is 2. The number of amides is 1. The molecular formula is C13H24N2O4. The summed E-state index contributed by atoms with van der Waals surface area (Å²) in [6.45, 7) is 1.31. The van der Waals surface area contributed by atoms with Crippen molar-refractivity contribution in [1.29, 1.82) is 0 Å². The van der Waals surface area contributed by atoms with E-state index in [-0.39, 0.29) is 18.9 Å². The van der Waals surface area contributed by atoms with Gasteiger partial charge in [-0.25, -0.2) is 0 Å². The van der Waals surface area contributed by atoms with Crippen molar-refractivity contribution in [3.05, 3.63) is 0 Å². The fourth-order valence-corrected chi connectivity index (χ4v) is 2.49. The summed E-state index contributed by atoms with van der Waals surface area (Å²) in [4.78, 5) is 22.3. The quantitative estimate of drug-likeness (QED) is 0.558. The number of carboxylic acid groups (broad SMARTS) is 1. The monoisotopic (exact) mass is 272 g/mol. The van der Waals surface area contributed by atoms with Crippen LogP contribution in [0.4, 0.5) is 0 Å². The summed E-state index contributed by atoms with van der Waals surface area (Å²) in [5, 5.41) is 21.0. The second-order valence-electron chi connectivity index (χ2n) is 5.94. The molecule has 1 saturated carbocycles. The van der Waals surface area contributed by atoms with Crippen LogP contribution in [0.2, 0.25) is 0 Å². The van der Waals surface area contributed by atoms with E-state index in [0.717, 1.165) is 32.1 Å². The number of aliphatic hydroxyl groups is 1. The number of nitrogens with one attached hydrogen (secondary N) is 1. The van der Waals surface area contributed by atoms with Crippen LogP contribution in [0.3, 0.4) is 0 Å². The van der Waals surface area contributed by atoms with Gasteiger partial charge in [-0.05, 0) is 19.8 Å². The van der Waals surface area contributed by atoms with Crippen molar-refractivity contribution in [3.63, 3.8) is 0 Å². The van der Waals surface area contributed by atoms with Crippen LogP contribution < -0.4 is 11.1 Å². The maximum Gasteiger partial charge on any atom is 0.306 e. The summed E-state index contributed by atoms with van der Waals surface area (Å²) in [5.74, 6) is -1.32. The predicted octanol–water partition coefficient (Wildman–Crippen LogP) is 0.380. The Labute approximate surface area is 113 Å². The standard InChI is InChI=1S/C13H24N2O4/c1-12(19,8-11(17)18)9-15-10(16)7-13(14)5-3-2-4-6-13/h19H,2-9,14H2,1H3,(H,15,16)(H,17,18). The van der Waals surface area contributed by atoms with Crippen molar-refractivity contribution in [3.8, 4) is 0 Å². The number of carboxylic acids is 1. The Balaban J connectivity index is 2.36. The molecule has 1 amide bonds. The van der Waals surface area contributed by atoms with E-state index in [9.17, 15) is 14.7 Å². The molecule has 1 aliphatic rings. The van der Waals surface area contributed by atoms with Crippen molar-refractivity contribution in [2.75, 3.05) is 6.54 Å².